The van der Waals surface area contributed by atoms with E-state index in [0.717, 1.165) is 10.0 Å². The Balaban J connectivity index is 2.29. The monoisotopic (exact) mass is 332 g/mol. The van der Waals surface area contributed by atoms with E-state index in [4.69, 9.17) is 4.74 Å². The summed E-state index contributed by atoms with van der Waals surface area (Å²) in [4.78, 5) is 23.6. The first-order chi connectivity index (χ1) is 9.47. The number of hydrogen-bond donors (Lipinski definition) is 0. The smallest absolute Gasteiger partial charge is 0.343 e. The number of benzene rings is 2. The number of carbonyl (C=O) groups is 2. The van der Waals surface area contributed by atoms with Crippen molar-refractivity contribution in [2.45, 2.75) is 13.8 Å². The maximum atomic E-state index is 12.1. The lowest BCUT2D eigenvalue weighted by Gasteiger charge is -2.09. The van der Waals surface area contributed by atoms with Crippen LogP contribution < -0.4 is 4.74 Å². The molecule has 4 heteroatoms. The first-order valence-corrected chi connectivity index (χ1v) is 6.86. The average molecular weight is 333 g/mol. The van der Waals surface area contributed by atoms with E-state index in [-0.39, 0.29) is 5.78 Å². The first kappa shape index (κ1) is 14.5. The van der Waals surface area contributed by atoms with Crippen molar-refractivity contribution in [2.75, 3.05) is 0 Å². The van der Waals surface area contributed by atoms with E-state index in [9.17, 15) is 9.59 Å². The van der Waals surface area contributed by atoms with Crippen LogP contribution in [0.2, 0.25) is 0 Å². The summed E-state index contributed by atoms with van der Waals surface area (Å²) in [6, 6.07) is 12.0. The number of esters is 1. The van der Waals surface area contributed by atoms with Gasteiger partial charge in [-0.05, 0) is 55.8 Å². The van der Waals surface area contributed by atoms with Crippen molar-refractivity contribution < 1.29 is 14.3 Å². The Labute approximate surface area is 125 Å². The largest absolute Gasteiger partial charge is 0.422 e. The predicted molar refractivity (Wildman–Crippen MR) is 80.3 cm³/mol. The highest BCUT2D eigenvalue weighted by Gasteiger charge is 2.14. The van der Waals surface area contributed by atoms with Gasteiger partial charge in [0.05, 0.1) is 11.1 Å². The summed E-state index contributed by atoms with van der Waals surface area (Å²) in [5.74, 6) is -0.320. The van der Waals surface area contributed by atoms with Crippen LogP contribution in [0.4, 0.5) is 0 Å². The predicted octanol–water partition coefficient (Wildman–Crippen LogP) is 4.18. The maximum absolute atomic E-state index is 12.1. The minimum Gasteiger partial charge on any atom is -0.422 e. The van der Waals surface area contributed by atoms with Crippen LogP contribution in [0.1, 0.15) is 33.2 Å². The molecule has 0 unspecified atom stereocenters. The van der Waals surface area contributed by atoms with Crippen molar-refractivity contribution in [1.29, 1.82) is 0 Å². The molecule has 2 rings (SSSR count). The number of ether oxygens (including phenoxy) is 1. The molecule has 0 saturated carbocycles. The van der Waals surface area contributed by atoms with E-state index in [0.29, 0.717) is 16.9 Å². The van der Waals surface area contributed by atoms with E-state index in [1.165, 1.54) is 6.92 Å². The molecule has 0 radical (unpaired) electrons. The van der Waals surface area contributed by atoms with Gasteiger partial charge in [-0.25, -0.2) is 4.79 Å². The van der Waals surface area contributed by atoms with Gasteiger partial charge in [-0.2, -0.15) is 0 Å². The fourth-order valence-corrected chi connectivity index (χ4v) is 2.01. The lowest BCUT2D eigenvalue weighted by Crippen LogP contribution is -2.11. The first-order valence-electron chi connectivity index (χ1n) is 6.06. The third kappa shape index (κ3) is 3.33. The fraction of sp³-hybridized carbons (Fsp3) is 0.125. The van der Waals surface area contributed by atoms with E-state index in [2.05, 4.69) is 15.9 Å². The molecule has 0 aliphatic rings. The summed E-state index contributed by atoms with van der Waals surface area (Å²) in [5, 5.41) is 0. The summed E-state index contributed by atoms with van der Waals surface area (Å²) in [6.45, 7) is 3.32. The number of Topliss-reactive ketones (excluding diaryl/α,β-unsaturated/α-hetero) is 1. The molecule has 0 bridgehead atoms. The number of halogens is 1. The Morgan fingerprint density at radius 2 is 1.70 bits per heavy atom. The van der Waals surface area contributed by atoms with Gasteiger partial charge in [0.2, 0.25) is 0 Å². The molecule has 0 aliphatic carbocycles. The van der Waals surface area contributed by atoms with Gasteiger partial charge in [-0.15, -0.1) is 0 Å². The maximum Gasteiger partial charge on any atom is 0.343 e. The van der Waals surface area contributed by atoms with Gasteiger partial charge >= 0.3 is 5.97 Å². The van der Waals surface area contributed by atoms with E-state index in [1.807, 2.05) is 13.0 Å². The molecule has 2 aromatic rings. The van der Waals surface area contributed by atoms with E-state index in [1.54, 1.807) is 36.4 Å². The summed E-state index contributed by atoms with van der Waals surface area (Å²) >= 11 is 3.30. The number of aryl methyl sites for hydroxylation is 1. The van der Waals surface area contributed by atoms with Crippen LogP contribution in [0.3, 0.4) is 0 Å². The Bertz CT molecular complexity index is 660. The number of ketones is 1. The van der Waals surface area contributed by atoms with Crippen molar-refractivity contribution in [2.24, 2.45) is 0 Å². The zero-order chi connectivity index (χ0) is 14.7. The van der Waals surface area contributed by atoms with Gasteiger partial charge in [0, 0.05) is 4.47 Å². The van der Waals surface area contributed by atoms with Gasteiger partial charge in [-0.1, -0.05) is 22.0 Å². The molecule has 0 aromatic heterocycles. The van der Waals surface area contributed by atoms with Crippen molar-refractivity contribution in [3.63, 3.8) is 0 Å². The van der Waals surface area contributed by atoms with Crippen LogP contribution in [-0.4, -0.2) is 11.8 Å². The Morgan fingerprint density at radius 3 is 2.30 bits per heavy atom. The molecule has 0 atom stereocenters. The van der Waals surface area contributed by atoms with Gasteiger partial charge in [0.1, 0.15) is 5.75 Å². The Hall–Kier alpha value is -1.94. The Kier molecular flexibility index (Phi) is 4.35. The van der Waals surface area contributed by atoms with E-state index < -0.39 is 5.97 Å². The normalized spacial score (nSPS) is 10.2. The topological polar surface area (TPSA) is 43.4 Å². The molecule has 0 heterocycles. The van der Waals surface area contributed by atoms with E-state index >= 15 is 0 Å². The van der Waals surface area contributed by atoms with Crippen LogP contribution in [0, 0.1) is 6.92 Å². The SMILES string of the molecule is CC(=O)c1ccc(C)cc1OC(=O)c1ccc(Br)cc1. The van der Waals surface area contributed by atoms with Crippen molar-refractivity contribution >= 4 is 27.7 Å². The van der Waals surface area contributed by atoms with Crippen LogP contribution in [0.25, 0.3) is 0 Å². The van der Waals surface area contributed by atoms with Crippen molar-refractivity contribution in [3.8, 4) is 5.75 Å². The van der Waals surface area contributed by atoms with Gasteiger partial charge in [0.15, 0.2) is 5.78 Å². The zero-order valence-electron chi connectivity index (χ0n) is 11.1. The third-order valence-electron chi connectivity index (χ3n) is 2.80. The minimum atomic E-state index is -0.481. The molecule has 20 heavy (non-hydrogen) atoms. The highest BCUT2D eigenvalue weighted by molar-refractivity contribution is 9.10. The minimum absolute atomic E-state index is 0.136. The lowest BCUT2D eigenvalue weighted by molar-refractivity contribution is 0.0733. The number of carbonyl (C=O) groups excluding carboxylic acids is 2. The Morgan fingerprint density at radius 1 is 1.05 bits per heavy atom. The summed E-state index contributed by atoms with van der Waals surface area (Å²) in [7, 11) is 0. The van der Waals surface area contributed by atoms with Gasteiger partial charge in [-0.3, -0.25) is 4.79 Å². The van der Waals surface area contributed by atoms with Crippen molar-refractivity contribution in [1.82, 2.24) is 0 Å². The summed E-state index contributed by atoms with van der Waals surface area (Å²) in [6.07, 6.45) is 0. The molecule has 0 saturated heterocycles. The lowest BCUT2D eigenvalue weighted by atomic mass is 10.1. The summed E-state index contributed by atoms with van der Waals surface area (Å²) in [5.41, 5.74) is 1.76. The number of hydrogen-bond acceptors (Lipinski definition) is 3. The molecule has 2 aromatic carbocycles. The quantitative estimate of drug-likeness (QED) is 0.481. The highest BCUT2D eigenvalue weighted by Crippen LogP contribution is 2.22. The third-order valence-corrected chi connectivity index (χ3v) is 3.33. The van der Waals surface area contributed by atoms with Crippen LogP contribution >= 0.6 is 15.9 Å². The van der Waals surface area contributed by atoms with Gasteiger partial charge in [0.25, 0.3) is 0 Å². The summed E-state index contributed by atoms with van der Waals surface area (Å²) < 4.78 is 6.22. The second kappa shape index (κ2) is 6.01. The molecule has 102 valence electrons. The number of rotatable bonds is 3. The van der Waals surface area contributed by atoms with Crippen LogP contribution in [0.5, 0.6) is 5.75 Å². The standard InChI is InChI=1S/C16H13BrO3/c1-10-3-8-14(11(2)18)15(9-10)20-16(19)12-4-6-13(17)7-5-12/h3-9H,1-2H3. The fourth-order valence-electron chi connectivity index (χ4n) is 1.75. The molecular weight excluding hydrogens is 320 g/mol. The van der Waals surface area contributed by atoms with Crippen LogP contribution in [-0.2, 0) is 0 Å². The van der Waals surface area contributed by atoms with Crippen molar-refractivity contribution in [3.05, 3.63) is 63.6 Å². The second-order valence-electron chi connectivity index (χ2n) is 4.45. The second-order valence-corrected chi connectivity index (χ2v) is 5.37. The molecule has 0 fully saturated rings. The molecule has 0 spiro atoms. The average Bonchev–Trinajstić information content (AvgIpc) is 2.39. The zero-order valence-corrected chi connectivity index (χ0v) is 12.7. The molecule has 0 amide bonds. The molecule has 0 aliphatic heterocycles. The highest BCUT2D eigenvalue weighted by atomic mass is 79.9. The molecule has 3 nitrogen and oxygen atoms in total. The molecular formula is C16H13BrO3. The van der Waals surface area contributed by atoms with Gasteiger partial charge < -0.3 is 4.74 Å². The van der Waals surface area contributed by atoms with Crippen LogP contribution in [0.15, 0.2) is 46.9 Å². The molecule has 0 N–H and O–H groups in total.